The van der Waals surface area contributed by atoms with Crippen LogP contribution < -0.4 is 19.5 Å². The molecule has 140 valence electrons. The zero-order valence-electron chi connectivity index (χ0n) is 15.8. The molecule has 0 heterocycles. The van der Waals surface area contributed by atoms with E-state index in [2.05, 4.69) is 29.6 Å². The molecule has 0 saturated heterocycles. The first-order chi connectivity index (χ1) is 13.3. The first kappa shape index (κ1) is 18.8. The summed E-state index contributed by atoms with van der Waals surface area (Å²) >= 11 is 0. The minimum absolute atomic E-state index is 0.573. The quantitative estimate of drug-likeness (QED) is 0.604. The summed E-state index contributed by atoms with van der Waals surface area (Å²) in [5.41, 5.74) is 3.49. The van der Waals surface area contributed by atoms with E-state index in [0.717, 1.165) is 41.5 Å². The summed E-state index contributed by atoms with van der Waals surface area (Å²) < 4.78 is 16.5. The van der Waals surface area contributed by atoms with Gasteiger partial charge in [0.1, 0.15) is 12.4 Å². The van der Waals surface area contributed by atoms with Gasteiger partial charge in [-0.15, -0.1) is 0 Å². The number of rotatable bonds is 9. The van der Waals surface area contributed by atoms with E-state index in [1.165, 1.54) is 5.56 Å². The molecular formula is C23H25NO3. The van der Waals surface area contributed by atoms with Crippen LogP contribution in [0.5, 0.6) is 17.2 Å². The maximum absolute atomic E-state index is 5.89. The molecule has 0 radical (unpaired) electrons. The second kappa shape index (κ2) is 9.64. The number of hydrogen-bond donors (Lipinski definition) is 1. The van der Waals surface area contributed by atoms with Gasteiger partial charge in [0.15, 0.2) is 11.5 Å². The lowest BCUT2D eigenvalue weighted by molar-refractivity contribution is 0.306. The van der Waals surface area contributed by atoms with E-state index >= 15 is 0 Å². The van der Waals surface area contributed by atoms with Crippen molar-refractivity contribution in [2.24, 2.45) is 0 Å². The van der Waals surface area contributed by atoms with Crippen molar-refractivity contribution in [2.45, 2.75) is 19.7 Å². The third-order valence-electron chi connectivity index (χ3n) is 4.25. The molecule has 0 spiro atoms. The van der Waals surface area contributed by atoms with Gasteiger partial charge in [0.25, 0.3) is 0 Å². The molecule has 0 atom stereocenters. The van der Waals surface area contributed by atoms with Crippen molar-refractivity contribution in [3.63, 3.8) is 0 Å². The highest BCUT2D eigenvalue weighted by Crippen LogP contribution is 2.27. The highest BCUT2D eigenvalue weighted by atomic mass is 16.5. The van der Waals surface area contributed by atoms with Gasteiger partial charge in [0.2, 0.25) is 0 Å². The van der Waals surface area contributed by atoms with E-state index in [1.54, 1.807) is 14.2 Å². The average Bonchev–Trinajstić information content (AvgIpc) is 2.73. The molecule has 0 aliphatic heterocycles. The Kier molecular flexibility index (Phi) is 6.72. The zero-order chi connectivity index (χ0) is 18.9. The summed E-state index contributed by atoms with van der Waals surface area (Å²) in [6.07, 6.45) is 0. The van der Waals surface area contributed by atoms with Gasteiger partial charge < -0.3 is 19.5 Å². The second-order valence-electron chi connectivity index (χ2n) is 6.21. The SMILES string of the molecule is COc1ccc(CNCc2cccc(OCc3ccccc3)c2)cc1OC. The molecule has 3 aromatic rings. The minimum Gasteiger partial charge on any atom is -0.493 e. The van der Waals surface area contributed by atoms with Crippen molar-refractivity contribution >= 4 is 0 Å². The molecular weight excluding hydrogens is 338 g/mol. The summed E-state index contributed by atoms with van der Waals surface area (Å²) in [5.74, 6) is 2.36. The monoisotopic (exact) mass is 363 g/mol. The number of benzene rings is 3. The molecule has 0 saturated carbocycles. The Balaban J connectivity index is 1.52. The van der Waals surface area contributed by atoms with Crippen molar-refractivity contribution in [3.8, 4) is 17.2 Å². The second-order valence-corrected chi connectivity index (χ2v) is 6.21. The van der Waals surface area contributed by atoms with Crippen LogP contribution in [0, 0.1) is 0 Å². The molecule has 4 nitrogen and oxygen atoms in total. The zero-order valence-corrected chi connectivity index (χ0v) is 15.8. The highest BCUT2D eigenvalue weighted by molar-refractivity contribution is 5.42. The molecule has 0 aliphatic rings. The molecule has 3 aromatic carbocycles. The third-order valence-corrected chi connectivity index (χ3v) is 4.25. The van der Waals surface area contributed by atoms with Crippen molar-refractivity contribution in [3.05, 3.63) is 89.5 Å². The molecule has 1 N–H and O–H groups in total. The fourth-order valence-corrected chi connectivity index (χ4v) is 2.83. The Hall–Kier alpha value is -2.98. The molecule has 0 aromatic heterocycles. The van der Waals surface area contributed by atoms with Crippen LogP contribution >= 0.6 is 0 Å². The van der Waals surface area contributed by atoms with Crippen LogP contribution in [0.4, 0.5) is 0 Å². The topological polar surface area (TPSA) is 39.7 Å². The van der Waals surface area contributed by atoms with Crippen molar-refractivity contribution in [1.29, 1.82) is 0 Å². The Morgan fingerprint density at radius 2 is 1.37 bits per heavy atom. The number of nitrogens with one attached hydrogen (secondary N) is 1. The Bertz CT molecular complexity index is 849. The molecule has 0 bridgehead atoms. The summed E-state index contributed by atoms with van der Waals surface area (Å²) in [5, 5.41) is 3.46. The van der Waals surface area contributed by atoms with Gasteiger partial charge in [-0.3, -0.25) is 0 Å². The van der Waals surface area contributed by atoms with Crippen molar-refractivity contribution in [1.82, 2.24) is 5.32 Å². The number of hydrogen-bond acceptors (Lipinski definition) is 4. The van der Waals surface area contributed by atoms with Crippen LogP contribution in [0.2, 0.25) is 0 Å². The predicted molar refractivity (Wildman–Crippen MR) is 107 cm³/mol. The first-order valence-corrected chi connectivity index (χ1v) is 8.96. The van der Waals surface area contributed by atoms with Crippen molar-refractivity contribution < 1.29 is 14.2 Å². The van der Waals surface area contributed by atoms with Gasteiger partial charge in [0.05, 0.1) is 14.2 Å². The van der Waals surface area contributed by atoms with E-state index in [9.17, 15) is 0 Å². The standard InChI is InChI=1S/C23H25NO3/c1-25-22-12-11-20(14-23(22)26-2)16-24-15-19-9-6-10-21(13-19)27-17-18-7-4-3-5-8-18/h3-14,24H,15-17H2,1-2H3. The van der Waals surface area contributed by atoms with Gasteiger partial charge in [0, 0.05) is 13.1 Å². The van der Waals surface area contributed by atoms with Crippen LogP contribution in [0.3, 0.4) is 0 Å². The van der Waals surface area contributed by atoms with Crippen LogP contribution in [-0.2, 0) is 19.7 Å². The summed E-state index contributed by atoms with van der Waals surface area (Å²) in [7, 11) is 3.29. The van der Waals surface area contributed by atoms with E-state index in [4.69, 9.17) is 14.2 Å². The fraction of sp³-hybridized carbons (Fsp3) is 0.217. The molecule has 27 heavy (non-hydrogen) atoms. The lowest BCUT2D eigenvalue weighted by Gasteiger charge is -2.11. The van der Waals surface area contributed by atoms with Gasteiger partial charge in [-0.25, -0.2) is 0 Å². The Labute approximate surface area is 160 Å². The predicted octanol–water partition coefficient (Wildman–Crippen LogP) is 4.57. The van der Waals surface area contributed by atoms with Crippen LogP contribution in [0.1, 0.15) is 16.7 Å². The summed E-state index contributed by atoms with van der Waals surface area (Å²) in [6, 6.07) is 24.3. The molecule has 4 heteroatoms. The van der Waals surface area contributed by atoms with Gasteiger partial charge in [-0.2, -0.15) is 0 Å². The molecule has 0 unspecified atom stereocenters. The van der Waals surface area contributed by atoms with Gasteiger partial charge in [-0.05, 0) is 41.0 Å². The lowest BCUT2D eigenvalue weighted by Crippen LogP contribution is -2.12. The molecule has 0 amide bonds. The van der Waals surface area contributed by atoms with Crippen molar-refractivity contribution in [2.75, 3.05) is 14.2 Å². The van der Waals surface area contributed by atoms with E-state index in [1.807, 2.05) is 48.5 Å². The summed E-state index contributed by atoms with van der Waals surface area (Å²) in [4.78, 5) is 0. The van der Waals surface area contributed by atoms with Crippen LogP contribution in [-0.4, -0.2) is 14.2 Å². The van der Waals surface area contributed by atoms with E-state index in [-0.39, 0.29) is 0 Å². The van der Waals surface area contributed by atoms with E-state index < -0.39 is 0 Å². The molecule has 0 aliphatic carbocycles. The molecule has 0 fully saturated rings. The van der Waals surface area contributed by atoms with Gasteiger partial charge in [-0.1, -0.05) is 48.5 Å². The normalized spacial score (nSPS) is 10.4. The van der Waals surface area contributed by atoms with Crippen LogP contribution in [0.25, 0.3) is 0 Å². The smallest absolute Gasteiger partial charge is 0.161 e. The largest absolute Gasteiger partial charge is 0.493 e. The molecule has 3 rings (SSSR count). The van der Waals surface area contributed by atoms with Crippen LogP contribution in [0.15, 0.2) is 72.8 Å². The Morgan fingerprint density at radius 3 is 2.11 bits per heavy atom. The average molecular weight is 363 g/mol. The third kappa shape index (κ3) is 5.50. The van der Waals surface area contributed by atoms with E-state index in [0.29, 0.717) is 6.61 Å². The fourth-order valence-electron chi connectivity index (χ4n) is 2.83. The number of methoxy groups -OCH3 is 2. The maximum Gasteiger partial charge on any atom is 0.161 e. The summed E-state index contributed by atoms with van der Waals surface area (Å²) in [6.45, 7) is 2.08. The maximum atomic E-state index is 5.89. The lowest BCUT2D eigenvalue weighted by atomic mass is 10.1. The Morgan fingerprint density at radius 1 is 0.667 bits per heavy atom. The van der Waals surface area contributed by atoms with Gasteiger partial charge >= 0.3 is 0 Å². The minimum atomic E-state index is 0.573. The first-order valence-electron chi connectivity index (χ1n) is 8.96. The highest BCUT2D eigenvalue weighted by Gasteiger charge is 2.04. The number of ether oxygens (including phenoxy) is 3.